The van der Waals surface area contributed by atoms with Crippen LogP contribution in [-0.2, 0) is 4.79 Å². The van der Waals surface area contributed by atoms with Gasteiger partial charge in [0.05, 0.1) is 22.3 Å². The van der Waals surface area contributed by atoms with Crippen LogP contribution in [0.2, 0.25) is 0 Å². The van der Waals surface area contributed by atoms with Gasteiger partial charge in [0, 0.05) is 5.69 Å². The van der Waals surface area contributed by atoms with E-state index in [0.29, 0.717) is 22.8 Å². The molecule has 7 heteroatoms. The van der Waals surface area contributed by atoms with E-state index in [0.717, 1.165) is 25.5 Å². The SMILES string of the molecule is COc1cc(/C=C(/C#N)c2ccc3ccccc3c2)cc(I)c1OCC(=O)Nc1ccc(F)cc1. The number of halogens is 2. The van der Waals surface area contributed by atoms with Crippen molar-refractivity contribution < 1.29 is 18.7 Å². The number of carbonyl (C=O) groups is 1. The lowest BCUT2D eigenvalue weighted by Crippen LogP contribution is -2.20. The fraction of sp³-hybridized carbons (Fsp3) is 0.0714. The second kappa shape index (κ2) is 11.0. The molecule has 0 bridgehead atoms. The molecule has 0 saturated carbocycles. The summed E-state index contributed by atoms with van der Waals surface area (Å²) < 4.78 is 25.0. The van der Waals surface area contributed by atoms with Crippen molar-refractivity contribution in [1.29, 1.82) is 5.26 Å². The lowest BCUT2D eigenvalue weighted by atomic mass is 10.00. The fourth-order valence-corrected chi connectivity index (χ4v) is 4.32. The molecule has 5 nitrogen and oxygen atoms in total. The second-order valence-corrected chi connectivity index (χ2v) is 8.77. The first-order valence-corrected chi connectivity index (χ1v) is 11.7. The van der Waals surface area contributed by atoms with Crippen LogP contribution in [-0.4, -0.2) is 19.6 Å². The highest BCUT2D eigenvalue weighted by atomic mass is 127. The van der Waals surface area contributed by atoms with Gasteiger partial charge in [-0.05, 0) is 93.0 Å². The van der Waals surface area contributed by atoms with Crippen LogP contribution in [0.1, 0.15) is 11.1 Å². The summed E-state index contributed by atoms with van der Waals surface area (Å²) in [7, 11) is 1.51. The maximum absolute atomic E-state index is 13.0. The van der Waals surface area contributed by atoms with Crippen molar-refractivity contribution in [1.82, 2.24) is 0 Å². The average Bonchev–Trinajstić information content (AvgIpc) is 2.87. The molecule has 0 fully saturated rings. The molecule has 1 N–H and O–H groups in total. The number of amides is 1. The molecule has 4 rings (SSSR count). The monoisotopic (exact) mass is 578 g/mol. The summed E-state index contributed by atoms with van der Waals surface area (Å²) in [6.45, 7) is -0.251. The zero-order chi connectivity index (χ0) is 24.8. The van der Waals surface area contributed by atoms with Crippen LogP contribution in [0.25, 0.3) is 22.4 Å². The number of hydrogen-bond acceptors (Lipinski definition) is 4. The number of allylic oxidation sites excluding steroid dienone is 1. The van der Waals surface area contributed by atoms with Gasteiger partial charge in [-0.25, -0.2) is 4.39 Å². The van der Waals surface area contributed by atoms with Gasteiger partial charge < -0.3 is 14.8 Å². The number of ether oxygens (including phenoxy) is 2. The van der Waals surface area contributed by atoms with Crippen molar-refractivity contribution in [3.8, 4) is 17.6 Å². The molecule has 0 saturated heterocycles. The third-order valence-corrected chi connectivity index (χ3v) is 6.02. The minimum absolute atomic E-state index is 0.251. The topological polar surface area (TPSA) is 71.3 Å². The van der Waals surface area contributed by atoms with Crippen LogP contribution in [0.3, 0.4) is 0 Å². The van der Waals surface area contributed by atoms with Crippen LogP contribution in [0.4, 0.5) is 10.1 Å². The van der Waals surface area contributed by atoms with Crippen molar-refractivity contribution in [3.63, 3.8) is 0 Å². The molecule has 4 aromatic carbocycles. The molecular weight excluding hydrogens is 558 g/mol. The molecule has 0 radical (unpaired) electrons. The lowest BCUT2D eigenvalue weighted by Gasteiger charge is -2.14. The second-order valence-electron chi connectivity index (χ2n) is 7.61. The highest BCUT2D eigenvalue weighted by Crippen LogP contribution is 2.35. The van der Waals surface area contributed by atoms with E-state index in [1.54, 1.807) is 12.1 Å². The number of fused-ring (bicyclic) bond motifs is 1. The standard InChI is InChI=1S/C28H20FIN2O3/c1-34-26-14-18(12-22(16-31)21-7-6-19-4-2-3-5-20(19)15-21)13-25(30)28(26)35-17-27(33)32-24-10-8-23(29)9-11-24/h2-15H,17H2,1H3,(H,32,33)/b22-12-. The molecule has 0 spiro atoms. The predicted octanol–water partition coefficient (Wildman–Crippen LogP) is 6.67. The molecule has 1 amide bonds. The van der Waals surface area contributed by atoms with E-state index in [2.05, 4.69) is 34.0 Å². The van der Waals surface area contributed by atoms with Crippen molar-refractivity contribution in [2.75, 3.05) is 19.0 Å². The summed E-state index contributed by atoms with van der Waals surface area (Å²) in [6, 6.07) is 25.3. The molecule has 0 unspecified atom stereocenters. The summed E-state index contributed by atoms with van der Waals surface area (Å²) in [4.78, 5) is 12.3. The maximum Gasteiger partial charge on any atom is 0.262 e. The largest absolute Gasteiger partial charge is 0.493 e. The molecule has 4 aromatic rings. The summed E-state index contributed by atoms with van der Waals surface area (Å²) >= 11 is 2.10. The number of hydrogen-bond donors (Lipinski definition) is 1. The van der Waals surface area contributed by atoms with E-state index in [1.165, 1.54) is 31.4 Å². The van der Waals surface area contributed by atoms with Gasteiger partial charge >= 0.3 is 0 Å². The van der Waals surface area contributed by atoms with E-state index in [1.807, 2.05) is 48.5 Å². The first kappa shape index (κ1) is 24.2. The van der Waals surface area contributed by atoms with Gasteiger partial charge in [0.1, 0.15) is 5.82 Å². The van der Waals surface area contributed by atoms with Gasteiger partial charge in [0.25, 0.3) is 5.91 Å². The first-order valence-electron chi connectivity index (χ1n) is 10.6. The van der Waals surface area contributed by atoms with Crippen LogP contribution in [0, 0.1) is 20.7 Å². The Morgan fingerprint density at radius 3 is 2.51 bits per heavy atom. The van der Waals surface area contributed by atoms with Crippen molar-refractivity contribution in [2.45, 2.75) is 0 Å². The molecule has 0 aliphatic rings. The number of nitrogens with one attached hydrogen (secondary N) is 1. The van der Waals surface area contributed by atoms with Crippen LogP contribution < -0.4 is 14.8 Å². The van der Waals surface area contributed by atoms with E-state index in [9.17, 15) is 14.4 Å². The average molecular weight is 578 g/mol. The number of benzene rings is 4. The highest BCUT2D eigenvalue weighted by Gasteiger charge is 2.14. The van der Waals surface area contributed by atoms with Crippen LogP contribution >= 0.6 is 22.6 Å². The molecule has 0 heterocycles. The van der Waals surface area contributed by atoms with Gasteiger partial charge in [0.15, 0.2) is 18.1 Å². The normalized spacial score (nSPS) is 11.1. The fourth-order valence-electron chi connectivity index (χ4n) is 3.53. The summed E-state index contributed by atoms with van der Waals surface area (Å²) in [5.74, 6) is 0.0895. The molecule has 0 atom stereocenters. The molecular formula is C28H20FIN2O3. The molecule has 0 aliphatic heterocycles. The van der Waals surface area contributed by atoms with E-state index >= 15 is 0 Å². The minimum Gasteiger partial charge on any atom is -0.493 e. The Kier molecular flexibility index (Phi) is 7.63. The van der Waals surface area contributed by atoms with E-state index in [-0.39, 0.29) is 18.3 Å². The Hall–Kier alpha value is -3.90. The highest BCUT2D eigenvalue weighted by molar-refractivity contribution is 14.1. The first-order chi connectivity index (χ1) is 17.0. The predicted molar refractivity (Wildman–Crippen MR) is 144 cm³/mol. The Morgan fingerprint density at radius 2 is 1.80 bits per heavy atom. The number of anilines is 1. The Bertz CT molecular complexity index is 1460. The van der Waals surface area contributed by atoms with Gasteiger partial charge in [-0.2, -0.15) is 5.26 Å². The number of methoxy groups -OCH3 is 1. The quantitative estimate of drug-likeness (QED) is 0.151. The Balaban J connectivity index is 1.54. The Morgan fingerprint density at radius 1 is 1.06 bits per heavy atom. The van der Waals surface area contributed by atoms with Crippen LogP contribution in [0.5, 0.6) is 11.5 Å². The summed E-state index contributed by atoms with van der Waals surface area (Å²) in [5.41, 5.74) is 2.57. The number of rotatable bonds is 7. The summed E-state index contributed by atoms with van der Waals surface area (Å²) in [6.07, 6.45) is 1.79. The van der Waals surface area contributed by atoms with Gasteiger partial charge in [0.2, 0.25) is 0 Å². The van der Waals surface area contributed by atoms with Crippen molar-refractivity contribution >= 4 is 56.6 Å². The van der Waals surface area contributed by atoms with Crippen LogP contribution in [0.15, 0.2) is 78.9 Å². The third-order valence-electron chi connectivity index (χ3n) is 5.22. The Labute approximate surface area is 215 Å². The van der Waals surface area contributed by atoms with Crippen molar-refractivity contribution in [2.24, 2.45) is 0 Å². The molecule has 35 heavy (non-hydrogen) atoms. The van der Waals surface area contributed by atoms with Gasteiger partial charge in [-0.3, -0.25) is 4.79 Å². The van der Waals surface area contributed by atoms with Gasteiger partial charge in [-0.15, -0.1) is 0 Å². The number of nitrogens with zero attached hydrogens (tertiary/aromatic N) is 1. The van der Waals surface area contributed by atoms with E-state index < -0.39 is 0 Å². The van der Waals surface area contributed by atoms with Crippen molar-refractivity contribution in [3.05, 3.63) is 99.4 Å². The maximum atomic E-state index is 13.0. The lowest BCUT2D eigenvalue weighted by molar-refractivity contribution is -0.118. The van der Waals surface area contributed by atoms with E-state index in [4.69, 9.17) is 9.47 Å². The van der Waals surface area contributed by atoms with Gasteiger partial charge in [-0.1, -0.05) is 36.4 Å². The number of nitriles is 1. The molecule has 174 valence electrons. The molecule has 0 aliphatic carbocycles. The molecule has 0 aromatic heterocycles. The summed E-state index contributed by atoms with van der Waals surface area (Å²) in [5, 5.41) is 14.6. The number of carbonyl (C=O) groups excluding carboxylic acids is 1. The third kappa shape index (κ3) is 5.97. The zero-order valence-electron chi connectivity index (χ0n) is 18.7. The minimum atomic E-state index is -0.387. The zero-order valence-corrected chi connectivity index (χ0v) is 20.9. The smallest absolute Gasteiger partial charge is 0.262 e.